The smallest absolute Gasteiger partial charge is 0.256 e. The number of para-hydroxylation sites is 1. The highest BCUT2D eigenvalue weighted by atomic mass is 16.1. The zero-order chi connectivity index (χ0) is 13.0. The molecule has 0 bridgehead atoms. The van der Waals surface area contributed by atoms with Crippen LogP contribution in [0.2, 0.25) is 0 Å². The lowest BCUT2D eigenvalue weighted by Crippen LogP contribution is -2.14. The van der Waals surface area contributed by atoms with Crippen LogP contribution >= 0.6 is 0 Å². The van der Waals surface area contributed by atoms with Crippen LogP contribution in [0.25, 0.3) is 0 Å². The van der Waals surface area contributed by atoms with E-state index >= 15 is 0 Å². The minimum absolute atomic E-state index is 0.272. The first-order chi connectivity index (χ1) is 8.70. The first-order valence-electron chi connectivity index (χ1n) is 5.42. The number of hydrogen-bond acceptors (Lipinski definition) is 3. The molecule has 0 unspecified atom stereocenters. The molecule has 0 aliphatic rings. The molecule has 4 nitrogen and oxygen atoms in total. The maximum atomic E-state index is 12.0. The molecule has 3 N–H and O–H groups in total. The Labute approximate surface area is 104 Å². The van der Waals surface area contributed by atoms with Crippen molar-refractivity contribution in [2.75, 3.05) is 11.1 Å². The average Bonchev–Trinajstić information content (AvgIpc) is 2.40. The summed E-state index contributed by atoms with van der Waals surface area (Å²) in [7, 11) is 0. The molecule has 0 aliphatic heterocycles. The number of benzene rings is 2. The molecule has 0 atom stereocenters. The van der Waals surface area contributed by atoms with Crippen molar-refractivity contribution in [2.45, 2.75) is 0 Å². The summed E-state index contributed by atoms with van der Waals surface area (Å²) >= 11 is 0. The van der Waals surface area contributed by atoms with Crippen LogP contribution in [0.5, 0.6) is 0 Å². The third kappa shape index (κ3) is 2.55. The topological polar surface area (TPSA) is 72.2 Å². The van der Waals surface area contributed by atoms with Gasteiger partial charge in [-0.05, 0) is 30.3 Å². The number of nitrogens with one attached hydrogen (secondary N) is 1. The summed E-state index contributed by atoms with van der Waals surface area (Å²) in [5.74, 6) is -0.351. The first-order valence-corrected chi connectivity index (χ1v) is 5.42. The number of nitrogen functional groups attached to an aromatic ring is 1. The van der Waals surface area contributed by atoms with E-state index in [2.05, 4.69) is 5.32 Å². The number of aldehydes is 1. The van der Waals surface area contributed by atoms with Gasteiger partial charge in [0.25, 0.3) is 5.91 Å². The lowest BCUT2D eigenvalue weighted by Gasteiger charge is -2.07. The van der Waals surface area contributed by atoms with Crippen molar-refractivity contribution in [1.29, 1.82) is 0 Å². The van der Waals surface area contributed by atoms with Gasteiger partial charge in [-0.25, -0.2) is 0 Å². The van der Waals surface area contributed by atoms with Crippen LogP contribution in [0.15, 0.2) is 48.5 Å². The fourth-order valence-corrected chi connectivity index (χ4v) is 1.59. The number of anilines is 2. The molecule has 2 rings (SSSR count). The van der Waals surface area contributed by atoms with Crippen molar-refractivity contribution in [3.63, 3.8) is 0 Å². The molecule has 0 heterocycles. The molecule has 2 aromatic rings. The molecule has 0 aromatic heterocycles. The Balaban J connectivity index is 2.29. The standard InChI is InChI=1S/C14H12N2O2/c15-11-7-6-10(9-17)13(8-11)14(18)16-12-4-2-1-3-5-12/h1-9H,15H2,(H,16,18). The van der Waals surface area contributed by atoms with Crippen molar-refractivity contribution in [3.05, 3.63) is 59.7 Å². The Morgan fingerprint density at radius 2 is 1.83 bits per heavy atom. The van der Waals surface area contributed by atoms with Gasteiger partial charge < -0.3 is 11.1 Å². The van der Waals surface area contributed by atoms with Gasteiger partial charge in [0.15, 0.2) is 6.29 Å². The van der Waals surface area contributed by atoms with E-state index < -0.39 is 0 Å². The first kappa shape index (κ1) is 11.9. The molecule has 0 radical (unpaired) electrons. The summed E-state index contributed by atoms with van der Waals surface area (Å²) in [5.41, 5.74) is 7.32. The van der Waals surface area contributed by atoms with Crippen molar-refractivity contribution in [1.82, 2.24) is 0 Å². The van der Waals surface area contributed by atoms with E-state index in [0.717, 1.165) is 0 Å². The summed E-state index contributed by atoms with van der Waals surface area (Å²) in [6.45, 7) is 0. The number of carbonyl (C=O) groups is 2. The van der Waals surface area contributed by atoms with Crippen molar-refractivity contribution in [2.24, 2.45) is 0 Å². The predicted octanol–water partition coefficient (Wildman–Crippen LogP) is 2.33. The van der Waals surface area contributed by atoms with E-state index in [1.54, 1.807) is 18.2 Å². The molecule has 0 aliphatic carbocycles. The third-order valence-corrected chi connectivity index (χ3v) is 2.48. The summed E-state index contributed by atoms with van der Waals surface area (Å²) in [6.07, 6.45) is 0.638. The van der Waals surface area contributed by atoms with E-state index in [4.69, 9.17) is 5.73 Å². The number of amides is 1. The monoisotopic (exact) mass is 240 g/mol. The Kier molecular flexibility index (Phi) is 3.38. The summed E-state index contributed by atoms with van der Waals surface area (Å²) < 4.78 is 0. The van der Waals surface area contributed by atoms with Crippen LogP contribution in [0.3, 0.4) is 0 Å². The maximum absolute atomic E-state index is 12.0. The second-order valence-electron chi connectivity index (χ2n) is 3.78. The number of carbonyl (C=O) groups excluding carboxylic acids is 2. The quantitative estimate of drug-likeness (QED) is 0.638. The van der Waals surface area contributed by atoms with E-state index in [9.17, 15) is 9.59 Å². The van der Waals surface area contributed by atoms with Gasteiger partial charge in [0.05, 0.1) is 5.56 Å². The second-order valence-corrected chi connectivity index (χ2v) is 3.78. The zero-order valence-electron chi connectivity index (χ0n) is 9.59. The second kappa shape index (κ2) is 5.14. The molecular formula is C14H12N2O2. The van der Waals surface area contributed by atoms with Gasteiger partial charge in [0.1, 0.15) is 0 Å². The van der Waals surface area contributed by atoms with Gasteiger partial charge in [0.2, 0.25) is 0 Å². The van der Waals surface area contributed by atoms with Gasteiger partial charge in [0, 0.05) is 16.9 Å². The Bertz CT molecular complexity index is 580. The average molecular weight is 240 g/mol. The largest absolute Gasteiger partial charge is 0.399 e. The predicted molar refractivity (Wildman–Crippen MR) is 70.6 cm³/mol. The fraction of sp³-hybridized carbons (Fsp3) is 0. The maximum Gasteiger partial charge on any atom is 0.256 e. The minimum Gasteiger partial charge on any atom is -0.399 e. The van der Waals surface area contributed by atoms with Crippen molar-refractivity contribution in [3.8, 4) is 0 Å². The molecular weight excluding hydrogens is 228 g/mol. The van der Waals surface area contributed by atoms with Crippen LogP contribution in [0, 0.1) is 0 Å². The summed E-state index contributed by atoms with van der Waals surface area (Å²) in [6, 6.07) is 13.6. The summed E-state index contributed by atoms with van der Waals surface area (Å²) in [5, 5.41) is 2.71. The normalized spacial score (nSPS) is 9.78. The van der Waals surface area contributed by atoms with Gasteiger partial charge >= 0.3 is 0 Å². The van der Waals surface area contributed by atoms with Crippen LogP contribution < -0.4 is 11.1 Å². The molecule has 0 saturated heterocycles. The van der Waals surface area contributed by atoms with Crippen LogP contribution in [-0.2, 0) is 0 Å². The molecule has 18 heavy (non-hydrogen) atoms. The van der Waals surface area contributed by atoms with Crippen LogP contribution in [0.1, 0.15) is 20.7 Å². The van der Waals surface area contributed by atoms with Gasteiger partial charge in [-0.3, -0.25) is 9.59 Å². The minimum atomic E-state index is -0.351. The molecule has 90 valence electrons. The SMILES string of the molecule is Nc1ccc(C=O)c(C(=O)Nc2ccccc2)c1. The Morgan fingerprint density at radius 3 is 2.50 bits per heavy atom. The van der Waals surface area contributed by atoms with Crippen LogP contribution in [0.4, 0.5) is 11.4 Å². The third-order valence-electron chi connectivity index (χ3n) is 2.48. The van der Waals surface area contributed by atoms with E-state index in [1.165, 1.54) is 12.1 Å². The fourth-order valence-electron chi connectivity index (χ4n) is 1.59. The number of rotatable bonds is 3. The van der Waals surface area contributed by atoms with Crippen LogP contribution in [-0.4, -0.2) is 12.2 Å². The number of nitrogens with two attached hydrogens (primary N) is 1. The van der Waals surface area contributed by atoms with Gasteiger partial charge in [-0.15, -0.1) is 0 Å². The molecule has 2 aromatic carbocycles. The number of hydrogen-bond donors (Lipinski definition) is 2. The molecule has 0 spiro atoms. The Hall–Kier alpha value is -2.62. The summed E-state index contributed by atoms with van der Waals surface area (Å²) in [4.78, 5) is 22.9. The Morgan fingerprint density at radius 1 is 1.11 bits per heavy atom. The van der Waals surface area contributed by atoms with E-state index in [-0.39, 0.29) is 11.5 Å². The highest BCUT2D eigenvalue weighted by Gasteiger charge is 2.11. The zero-order valence-corrected chi connectivity index (χ0v) is 9.59. The highest BCUT2D eigenvalue weighted by molar-refractivity contribution is 6.09. The molecule has 4 heteroatoms. The van der Waals surface area contributed by atoms with E-state index in [0.29, 0.717) is 23.2 Å². The van der Waals surface area contributed by atoms with Gasteiger partial charge in [-0.1, -0.05) is 18.2 Å². The molecule has 0 saturated carbocycles. The molecule has 1 amide bonds. The van der Waals surface area contributed by atoms with Crippen molar-refractivity contribution >= 4 is 23.6 Å². The lowest BCUT2D eigenvalue weighted by molar-refractivity contribution is 0.101. The van der Waals surface area contributed by atoms with E-state index in [1.807, 2.05) is 18.2 Å². The van der Waals surface area contributed by atoms with Crippen molar-refractivity contribution < 1.29 is 9.59 Å². The highest BCUT2D eigenvalue weighted by Crippen LogP contribution is 2.14. The van der Waals surface area contributed by atoms with Gasteiger partial charge in [-0.2, -0.15) is 0 Å². The molecule has 0 fully saturated rings. The lowest BCUT2D eigenvalue weighted by atomic mass is 10.1.